The van der Waals surface area contributed by atoms with Crippen LogP contribution >= 0.6 is 0 Å². The molecule has 23 heavy (non-hydrogen) atoms. The molecule has 1 atom stereocenters. The lowest BCUT2D eigenvalue weighted by Gasteiger charge is -2.20. The number of carbonyl (C=O) groups excluding carboxylic acids is 1. The Morgan fingerprint density at radius 3 is 2.61 bits per heavy atom. The van der Waals surface area contributed by atoms with Crippen molar-refractivity contribution >= 4 is 17.3 Å². The smallest absolute Gasteiger partial charge is 0.262 e. The third-order valence-electron chi connectivity index (χ3n) is 4.00. The Morgan fingerprint density at radius 1 is 1.22 bits per heavy atom. The highest BCUT2D eigenvalue weighted by atomic mass is 16.5. The summed E-state index contributed by atoms with van der Waals surface area (Å²) >= 11 is 0. The fourth-order valence-corrected chi connectivity index (χ4v) is 2.92. The largest absolute Gasteiger partial charge is 0.497 e. The van der Waals surface area contributed by atoms with Crippen molar-refractivity contribution in [1.29, 1.82) is 5.26 Å². The molecule has 5 nitrogen and oxygen atoms in total. The molecule has 0 radical (unpaired) electrons. The van der Waals surface area contributed by atoms with Gasteiger partial charge in [0.25, 0.3) is 5.91 Å². The van der Waals surface area contributed by atoms with Gasteiger partial charge in [-0.05, 0) is 18.2 Å². The Hall–Kier alpha value is -3.00. The highest BCUT2D eigenvalue weighted by Crippen LogP contribution is 2.41. The summed E-state index contributed by atoms with van der Waals surface area (Å²) in [7, 11) is 5.35. The molecular formula is C18H17N3O2. The van der Waals surface area contributed by atoms with E-state index in [1.165, 1.54) is 4.90 Å². The van der Waals surface area contributed by atoms with Crippen LogP contribution in [0.2, 0.25) is 0 Å². The Kier molecular flexibility index (Phi) is 3.67. The van der Waals surface area contributed by atoms with Gasteiger partial charge in [0.2, 0.25) is 0 Å². The molecule has 2 aromatic carbocycles. The van der Waals surface area contributed by atoms with Crippen molar-refractivity contribution < 1.29 is 9.53 Å². The van der Waals surface area contributed by atoms with Gasteiger partial charge in [0.1, 0.15) is 5.75 Å². The van der Waals surface area contributed by atoms with E-state index in [1.54, 1.807) is 13.2 Å². The molecule has 1 amide bonds. The summed E-state index contributed by atoms with van der Waals surface area (Å²) in [6, 6.07) is 14.4. The van der Waals surface area contributed by atoms with E-state index in [2.05, 4.69) is 6.07 Å². The van der Waals surface area contributed by atoms with Gasteiger partial charge >= 0.3 is 0 Å². The molecule has 5 heteroatoms. The van der Waals surface area contributed by atoms with Gasteiger partial charge in [0.05, 0.1) is 18.7 Å². The molecule has 0 saturated carbocycles. The first-order valence-corrected chi connectivity index (χ1v) is 7.26. The number of nitriles is 1. The van der Waals surface area contributed by atoms with Crippen molar-refractivity contribution in [3.05, 3.63) is 53.6 Å². The Bertz CT molecular complexity index is 808. The van der Waals surface area contributed by atoms with Crippen LogP contribution < -0.4 is 14.5 Å². The first kappa shape index (κ1) is 14.9. The monoisotopic (exact) mass is 307 g/mol. The maximum absolute atomic E-state index is 13.0. The molecular weight excluding hydrogens is 290 g/mol. The fourth-order valence-electron chi connectivity index (χ4n) is 2.92. The molecule has 1 unspecified atom stereocenters. The van der Waals surface area contributed by atoms with E-state index in [4.69, 9.17) is 4.74 Å². The molecule has 3 rings (SSSR count). The molecule has 1 aliphatic rings. The van der Waals surface area contributed by atoms with Crippen molar-refractivity contribution in [3.8, 4) is 11.8 Å². The Balaban J connectivity index is 2.16. The number of anilines is 2. The minimum atomic E-state index is -0.635. The zero-order chi connectivity index (χ0) is 16.6. The Morgan fingerprint density at radius 2 is 1.96 bits per heavy atom. The van der Waals surface area contributed by atoms with Crippen LogP contribution in [0.4, 0.5) is 11.4 Å². The predicted octanol–water partition coefficient (Wildman–Crippen LogP) is 2.99. The zero-order valence-corrected chi connectivity index (χ0v) is 13.3. The van der Waals surface area contributed by atoms with Gasteiger partial charge in [-0.2, -0.15) is 5.26 Å². The van der Waals surface area contributed by atoms with Gasteiger partial charge in [-0.15, -0.1) is 0 Å². The van der Waals surface area contributed by atoms with E-state index >= 15 is 0 Å². The van der Waals surface area contributed by atoms with E-state index in [-0.39, 0.29) is 5.91 Å². The number of benzene rings is 2. The maximum atomic E-state index is 13.0. The molecule has 0 bridgehead atoms. The van der Waals surface area contributed by atoms with Crippen LogP contribution in [0.5, 0.6) is 5.75 Å². The number of amides is 1. The van der Waals surface area contributed by atoms with Crippen LogP contribution in [0.15, 0.2) is 42.5 Å². The molecule has 0 N–H and O–H groups in total. The van der Waals surface area contributed by atoms with Crippen LogP contribution in [0.3, 0.4) is 0 Å². The van der Waals surface area contributed by atoms with Crippen molar-refractivity contribution in [1.82, 2.24) is 0 Å². The predicted molar refractivity (Wildman–Crippen MR) is 88.9 cm³/mol. The lowest BCUT2D eigenvalue weighted by Crippen LogP contribution is -2.27. The summed E-state index contributed by atoms with van der Waals surface area (Å²) in [6.07, 6.45) is 0. The molecule has 0 aromatic heterocycles. The first-order chi connectivity index (χ1) is 11.1. The van der Waals surface area contributed by atoms with Crippen LogP contribution in [-0.4, -0.2) is 27.1 Å². The summed E-state index contributed by atoms with van der Waals surface area (Å²) in [5, 5.41) is 9.63. The number of rotatable bonds is 3. The lowest BCUT2D eigenvalue weighted by atomic mass is 10.0. The minimum absolute atomic E-state index is 0.163. The normalized spacial score (nSPS) is 16.0. The van der Waals surface area contributed by atoms with E-state index < -0.39 is 6.04 Å². The van der Waals surface area contributed by atoms with Crippen LogP contribution in [0.1, 0.15) is 22.0 Å². The second-order valence-electron chi connectivity index (χ2n) is 5.54. The zero-order valence-electron chi connectivity index (χ0n) is 13.3. The Labute approximate surface area is 135 Å². The third-order valence-corrected chi connectivity index (χ3v) is 4.00. The molecule has 1 heterocycles. The van der Waals surface area contributed by atoms with Gasteiger partial charge in [-0.3, -0.25) is 9.69 Å². The van der Waals surface area contributed by atoms with Crippen molar-refractivity contribution in [2.75, 3.05) is 31.0 Å². The maximum Gasteiger partial charge on any atom is 0.262 e. The van der Waals surface area contributed by atoms with Crippen LogP contribution in [0, 0.1) is 11.3 Å². The summed E-state index contributed by atoms with van der Waals surface area (Å²) < 4.78 is 5.23. The molecule has 0 fully saturated rings. The van der Waals surface area contributed by atoms with Gasteiger partial charge < -0.3 is 9.64 Å². The molecule has 2 aromatic rings. The molecule has 116 valence electrons. The number of methoxy groups -OCH3 is 1. The summed E-state index contributed by atoms with van der Waals surface area (Å²) in [5.74, 6) is 0.486. The number of nitrogens with zero attached hydrogens (tertiary/aromatic N) is 3. The van der Waals surface area contributed by atoms with Crippen LogP contribution in [0.25, 0.3) is 0 Å². The molecule has 0 spiro atoms. The van der Waals surface area contributed by atoms with Crippen LogP contribution in [-0.2, 0) is 0 Å². The average Bonchev–Trinajstić information content (AvgIpc) is 2.87. The van der Waals surface area contributed by atoms with E-state index in [0.717, 1.165) is 11.3 Å². The van der Waals surface area contributed by atoms with Crippen molar-refractivity contribution in [2.45, 2.75) is 6.04 Å². The van der Waals surface area contributed by atoms with Gasteiger partial charge in [0.15, 0.2) is 6.04 Å². The summed E-state index contributed by atoms with van der Waals surface area (Å²) in [5.41, 5.74) is 2.80. The number of hydrogen-bond acceptors (Lipinski definition) is 4. The highest BCUT2D eigenvalue weighted by molar-refractivity contribution is 6.15. The van der Waals surface area contributed by atoms with Gasteiger partial charge in [-0.25, -0.2) is 0 Å². The molecule has 0 aliphatic carbocycles. The van der Waals surface area contributed by atoms with Gasteiger partial charge in [-0.1, -0.05) is 18.2 Å². The fraction of sp³-hybridized carbons (Fsp3) is 0.222. The second-order valence-corrected chi connectivity index (χ2v) is 5.54. The number of ether oxygens (including phenoxy) is 1. The first-order valence-electron chi connectivity index (χ1n) is 7.26. The average molecular weight is 307 g/mol. The van der Waals surface area contributed by atoms with E-state index in [0.29, 0.717) is 17.0 Å². The van der Waals surface area contributed by atoms with Gasteiger partial charge in [0, 0.05) is 37.1 Å². The topological polar surface area (TPSA) is 56.6 Å². The highest BCUT2D eigenvalue weighted by Gasteiger charge is 2.40. The second kappa shape index (κ2) is 5.65. The molecule has 1 aliphatic heterocycles. The SMILES string of the molecule is COc1cccc(N2C(=O)c3c(cccc3N(C)C)C2C#N)c1. The number of hydrogen-bond donors (Lipinski definition) is 0. The summed E-state index contributed by atoms with van der Waals surface area (Å²) in [4.78, 5) is 16.4. The third kappa shape index (κ3) is 2.29. The van der Waals surface area contributed by atoms with Crippen molar-refractivity contribution in [2.24, 2.45) is 0 Å². The van der Waals surface area contributed by atoms with E-state index in [9.17, 15) is 10.1 Å². The number of fused-ring (bicyclic) bond motifs is 1. The standard InChI is InChI=1S/C18H17N3O2/c1-20(2)15-9-5-8-14-16(11-19)21(18(22)17(14)15)12-6-4-7-13(10-12)23-3/h4-10,16H,1-3H3. The van der Waals surface area contributed by atoms with E-state index in [1.807, 2.05) is 55.4 Å². The number of carbonyl (C=O) groups is 1. The lowest BCUT2D eigenvalue weighted by molar-refractivity contribution is 0.0995. The van der Waals surface area contributed by atoms with Crippen molar-refractivity contribution in [3.63, 3.8) is 0 Å². The molecule has 0 saturated heterocycles. The minimum Gasteiger partial charge on any atom is -0.497 e. The quantitative estimate of drug-likeness (QED) is 0.874. The summed E-state index contributed by atoms with van der Waals surface area (Å²) in [6.45, 7) is 0.